The minimum absolute atomic E-state index is 0.0882. The summed E-state index contributed by atoms with van der Waals surface area (Å²) in [6.45, 7) is 3.36. The molecule has 0 saturated carbocycles. The Bertz CT molecular complexity index is 1050. The smallest absolute Gasteiger partial charge is 0.243 e. The van der Waals surface area contributed by atoms with Gasteiger partial charge >= 0.3 is 0 Å². The predicted octanol–water partition coefficient (Wildman–Crippen LogP) is 2.88. The first-order valence-corrected chi connectivity index (χ1v) is 12.1. The zero-order valence-corrected chi connectivity index (χ0v) is 18.8. The fraction of sp³-hybridized carbons (Fsp3) is 0.381. The van der Waals surface area contributed by atoms with Crippen molar-refractivity contribution in [1.29, 1.82) is 0 Å². The molecule has 0 aliphatic carbocycles. The van der Waals surface area contributed by atoms with E-state index in [1.165, 1.54) is 33.6 Å². The highest BCUT2D eigenvalue weighted by molar-refractivity contribution is 7.89. The Morgan fingerprint density at radius 2 is 1.60 bits per heavy atom. The second-order valence-electron chi connectivity index (χ2n) is 7.59. The summed E-state index contributed by atoms with van der Waals surface area (Å²) < 4.78 is 27.2. The molecule has 6 nitrogen and oxygen atoms in total. The number of rotatable bonds is 4. The second-order valence-corrected chi connectivity index (χ2v) is 10.3. The largest absolute Gasteiger partial charge is 0.337 e. The number of fused-ring (bicyclic) bond motifs is 1. The Morgan fingerprint density at radius 1 is 0.900 bits per heavy atom. The van der Waals surface area contributed by atoms with E-state index in [1.54, 1.807) is 0 Å². The van der Waals surface area contributed by atoms with Gasteiger partial charge in [0.2, 0.25) is 15.9 Å². The molecule has 2 aromatic carbocycles. The van der Waals surface area contributed by atoms with Gasteiger partial charge in [0.05, 0.1) is 21.5 Å². The van der Waals surface area contributed by atoms with Crippen molar-refractivity contribution in [3.05, 3.63) is 63.6 Å². The second kappa shape index (κ2) is 8.85. The molecular formula is C21H23Cl2N3O3S. The van der Waals surface area contributed by atoms with Crippen LogP contribution in [0.25, 0.3) is 0 Å². The molecule has 0 spiro atoms. The molecule has 160 valence electrons. The first kappa shape index (κ1) is 21.6. The molecular weight excluding hydrogens is 445 g/mol. The lowest BCUT2D eigenvalue weighted by Crippen LogP contribution is -2.51. The van der Waals surface area contributed by atoms with Gasteiger partial charge < -0.3 is 4.90 Å². The standard InChI is InChI=1S/C21H23Cl2N3O3S/c22-19-6-5-18(13-20(19)23)30(28,29)26-11-9-24(10-12-26)15-21(27)25-8-7-16-3-1-2-4-17(16)14-25/h1-6,13H,7-12,14-15H2. The van der Waals surface area contributed by atoms with Gasteiger partial charge in [-0.1, -0.05) is 47.5 Å². The van der Waals surface area contributed by atoms with Crippen LogP contribution in [0.1, 0.15) is 11.1 Å². The summed E-state index contributed by atoms with van der Waals surface area (Å²) in [5.74, 6) is 0.0882. The third kappa shape index (κ3) is 4.50. The number of hydrogen-bond acceptors (Lipinski definition) is 4. The van der Waals surface area contributed by atoms with Crippen molar-refractivity contribution in [3.8, 4) is 0 Å². The quantitative estimate of drug-likeness (QED) is 0.693. The Labute approximate surface area is 187 Å². The van der Waals surface area contributed by atoms with Crippen molar-refractivity contribution < 1.29 is 13.2 Å². The van der Waals surface area contributed by atoms with Crippen molar-refractivity contribution in [2.75, 3.05) is 39.3 Å². The fourth-order valence-electron chi connectivity index (χ4n) is 3.91. The molecule has 0 radical (unpaired) electrons. The number of nitrogens with zero attached hydrogens (tertiary/aromatic N) is 3. The lowest BCUT2D eigenvalue weighted by Gasteiger charge is -2.35. The lowest BCUT2D eigenvalue weighted by atomic mass is 10.00. The third-order valence-corrected chi connectivity index (χ3v) is 8.34. The monoisotopic (exact) mass is 467 g/mol. The minimum atomic E-state index is -3.64. The number of halogens is 2. The molecule has 0 N–H and O–H groups in total. The van der Waals surface area contributed by atoms with Crippen LogP contribution in [-0.4, -0.2) is 67.7 Å². The lowest BCUT2D eigenvalue weighted by molar-refractivity contribution is -0.133. The molecule has 0 atom stereocenters. The molecule has 2 heterocycles. The molecule has 0 bridgehead atoms. The van der Waals surface area contributed by atoms with Crippen LogP contribution >= 0.6 is 23.2 Å². The van der Waals surface area contributed by atoms with E-state index in [9.17, 15) is 13.2 Å². The highest BCUT2D eigenvalue weighted by atomic mass is 35.5. The van der Waals surface area contributed by atoms with Crippen LogP contribution in [0.15, 0.2) is 47.4 Å². The van der Waals surface area contributed by atoms with Crippen LogP contribution in [0.2, 0.25) is 10.0 Å². The summed E-state index contributed by atoms with van der Waals surface area (Å²) in [6, 6.07) is 12.5. The summed E-state index contributed by atoms with van der Waals surface area (Å²) in [5.41, 5.74) is 2.51. The van der Waals surface area contributed by atoms with Crippen LogP contribution in [0, 0.1) is 0 Å². The summed E-state index contributed by atoms with van der Waals surface area (Å²) in [4.78, 5) is 16.8. The summed E-state index contributed by atoms with van der Waals surface area (Å²) in [5, 5.41) is 0.532. The number of hydrogen-bond donors (Lipinski definition) is 0. The summed E-state index contributed by atoms with van der Waals surface area (Å²) in [6.07, 6.45) is 0.873. The molecule has 2 aromatic rings. The van der Waals surface area contributed by atoms with Gasteiger partial charge in [-0.25, -0.2) is 8.42 Å². The normalized spacial score (nSPS) is 18.3. The molecule has 1 amide bonds. The highest BCUT2D eigenvalue weighted by Crippen LogP contribution is 2.27. The van der Waals surface area contributed by atoms with Gasteiger partial charge in [-0.15, -0.1) is 0 Å². The van der Waals surface area contributed by atoms with Crippen LogP contribution in [0.4, 0.5) is 0 Å². The van der Waals surface area contributed by atoms with Crippen molar-refractivity contribution in [3.63, 3.8) is 0 Å². The van der Waals surface area contributed by atoms with E-state index >= 15 is 0 Å². The van der Waals surface area contributed by atoms with E-state index in [0.29, 0.717) is 44.3 Å². The average molecular weight is 468 g/mol. The fourth-order valence-corrected chi connectivity index (χ4v) is 5.73. The van der Waals surface area contributed by atoms with E-state index in [2.05, 4.69) is 12.1 Å². The number of piperazine rings is 1. The van der Waals surface area contributed by atoms with Gasteiger partial charge in [0.25, 0.3) is 0 Å². The molecule has 0 aromatic heterocycles. The third-order valence-electron chi connectivity index (χ3n) is 5.70. The molecule has 2 aliphatic rings. The topological polar surface area (TPSA) is 60.9 Å². The molecule has 9 heteroatoms. The number of carbonyl (C=O) groups excluding carboxylic acids is 1. The van der Waals surface area contributed by atoms with Gasteiger partial charge in [-0.2, -0.15) is 4.31 Å². The Kier molecular flexibility index (Phi) is 6.36. The SMILES string of the molecule is O=C(CN1CCN(S(=O)(=O)c2ccc(Cl)c(Cl)c2)CC1)N1CCc2ccccc2C1. The van der Waals surface area contributed by atoms with E-state index in [-0.39, 0.29) is 15.8 Å². The Hall–Kier alpha value is -1.64. The van der Waals surface area contributed by atoms with Crippen LogP contribution in [-0.2, 0) is 27.8 Å². The average Bonchev–Trinajstić information content (AvgIpc) is 2.75. The first-order valence-electron chi connectivity index (χ1n) is 9.87. The molecule has 30 heavy (non-hydrogen) atoms. The van der Waals surface area contributed by atoms with Crippen molar-refractivity contribution in [2.24, 2.45) is 0 Å². The van der Waals surface area contributed by atoms with Gasteiger partial charge in [-0.3, -0.25) is 9.69 Å². The van der Waals surface area contributed by atoms with Crippen LogP contribution < -0.4 is 0 Å². The van der Waals surface area contributed by atoms with Crippen LogP contribution in [0.5, 0.6) is 0 Å². The summed E-state index contributed by atoms with van der Waals surface area (Å²) in [7, 11) is -3.64. The van der Waals surface area contributed by atoms with Gasteiger partial charge in [0.15, 0.2) is 0 Å². The number of carbonyl (C=O) groups is 1. The van der Waals surface area contributed by atoms with Gasteiger partial charge in [0.1, 0.15) is 0 Å². The highest BCUT2D eigenvalue weighted by Gasteiger charge is 2.30. The number of amides is 1. The van der Waals surface area contributed by atoms with Crippen molar-refractivity contribution in [2.45, 2.75) is 17.9 Å². The number of benzene rings is 2. The molecule has 1 fully saturated rings. The predicted molar refractivity (Wildman–Crippen MR) is 117 cm³/mol. The zero-order chi connectivity index (χ0) is 21.3. The maximum atomic E-state index is 12.9. The molecule has 2 aliphatic heterocycles. The van der Waals surface area contributed by atoms with Gasteiger partial charge in [-0.05, 0) is 35.7 Å². The van der Waals surface area contributed by atoms with E-state index < -0.39 is 10.0 Å². The van der Waals surface area contributed by atoms with Crippen molar-refractivity contribution >= 4 is 39.1 Å². The maximum absolute atomic E-state index is 12.9. The first-order chi connectivity index (χ1) is 14.3. The molecule has 0 unspecified atom stereocenters. The van der Waals surface area contributed by atoms with Crippen molar-refractivity contribution in [1.82, 2.24) is 14.1 Å². The number of sulfonamides is 1. The Morgan fingerprint density at radius 3 is 2.30 bits per heavy atom. The minimum Gasteiger partial charge on any atom is -0.337 e. The molecule has 1 saturated heterocycles. The maximum Gasteiger partial charge on any atom is 0.243 e. The van der Waals surface area contributed by atoms with Gasteiger partial charge in [0, 0.05) is 39.3 Å². The zero-order valence-electron chi connectivity index (χ0n) is 16.4. The van der Waals surface area contributed by atoms with E-state index in [1.807, 2.05) is 21.9 Å². The van der Waals surface area contributed by atoms with E-state index in [4.69, 9.17) is 23.2 Å². The molecule has 4 rings (SSSR count). The van der Waals surface area contributed by atoms with Crippen LogP contribution in [0.3, 0.4) is 0 Å². The Balaban J connectivity index is 1.33. The summed E-state index contributed by atoms with van der Waals surface area (Å²) >= 11 is 11.9. The van der Waals surface area contributed by atoms with E-state index in [0.717, 1.165) is 13.0 Å².